The SMILES string of the molecule is CC(=O)c1c(C)cc2cc(C(=O)O)cc(OC3OC(CO)C4(CCC56CC7(CC8COCC(CCO)(CSSCO4)C85)CC4(CCCC4)CC7NN6)C(O)C3O)c2c1O. The molecule has 0 amide bonds. The highest BCUT2D eigenvalue weighted by Crippen LogP contribution is 2.69. The number of nitrogens with one attached hydrogen (secondary N) is 2. The summed E-state index contributed by atoms with van der Waals surface area (Å²) in [5.74, 6) is -1.09. The zero-order valence-corrected chi connectivity index (χ0v) is 35.4. The van der Waals surface area contributed by atoms with Crippen LogP contribution in [0.1, 0.15) is 104 Å². The van der Waals surface area contributed by atoms with Crippen LogP contribution in [0.4, 0.5) is 0 Å². The maximum Gasteiger partial charge on any atom is 0.335 e. The van der Waals surface area contributed by atoms with Gasteiger partial charge >= 0.3 is 5.97 Å². The minimum Gasteiger partial charge on any atom is -0.506 e. The molecule has 4 spiro atoms. The Kier molecular flexibility index (Phi) is 11.1. The van der Waals surface area contributed by atoms with E-state index in [0.29, 0.717) is 43.1 Å². The van der Waals surface area contributed by atoms with E-state index in [1.165, 1.54) is 55.5 Å². The summed E-state index contributed by atoms with van der Waals surface area (Å²) in [4.78, 5) is 24.8. The number of hydrogen-bond acceptors (Lipinski definition) is 15. The number of phenolic OH excluding ortho intramolecular Hbond substituents is 1. The van der Waals surface area contributed by atoms with Gasteiger partial charge in [0.15, 0.2) is 5.78 Å². The Bertz CT molecular complexity index is 1980. The van der Waals surface area contributed by atoms with Crippen molar-refractivity contribution in [2.75, 3.05) is 38.1 Å². The van der Waals surface area contributed by atoms with Gasteiger partial charge < -0.3 is 49.6 Å². The van der Waals surface area contributed by atoms with Crippen LogP contribution in [-0.4, -0.2) is 122 Å². The largest absolute Gasteiger partial charge is 0.506 e. The lowest BCUT2D eigenvalue weighted by Crippen LogP contribution is -2.77. The Morgan fingerprint density at radius 2 is 1.83 bits per heavy atom. The van der Waals surface area contributed by atoms with Gasteiger partial charge in [-0.15, -0.1) is 0 Å². The van der Waals surface area contributed by atoms with E-state index in [-0.39, 0.29) is 69.3 Å². The van der Waals surface area contributed by atoms with Gasteiger partial charge in [-0.2, -0.15) is 0 Å². The van der Waals surface area contributed by atoms with Gasteiger partial charge in [0, 0.05) is 36.0 Å². The number of phenols is 1. The van der Waals surface area contributed by atoms with Crippen LogP contribution in [0.25, 0.3) is 10.8 Å². The number of fused-ring (bicyclic) bond motifs is 1. The number of hydrogen-bond donors (Lipinski definition) is 8. The number of aliphatic hydroxyl groups excluding tert-OH is 4. The number of carbonyl (C=O) groups excluding carboxylic acids is 1. The maximum absolute atomic E-state index is 12.6. The average Bonchev–Trinajstić information content (AvgIpc) is 3.76. The number of aromatic hydroxyl groups is 1. The zero-order chi connectivity index (χ0) is 41.5. The first-order valence-electron chi connectivity index (χ1n) is 21.2. The van der Waals surface area contributed by atoms with Crippen LogP contribution in [0.5, 0.6) is 11.5 Å². The van der Waals surface area contributed by atoms with Crippen LogP contribution >= 0.6 is 21.6 Å². The molecule has 4 aliphatic heterocycles. The van der Waals surface area contributed by atoms with Crippen molar-refractivity contribution in [3.63, 3.8) is 0 Å². The maximum atomic E-state index is 12.6. The quantitative estimate of drug-likeness (QED) is 0.143. The fourth-order valence-electron chi connectivity index (χ4n) is 13.7. The minimum absolute atomic E-state index is 0.0312. The summed E-state index contributed by atoms with van der Waals surface area (Å²) in [5, 5.41) is 67.7. The predicted octanol–water partition coefficient (Wildman–Crippen LogP) is 4.44. The molecule has 14 nitrogen and oxygen atoms in total. The van der Waals surface area contributed by atoms with E-state index in [1.807, 2.05) is 0 Å². The Morgan fingerprint density at radius 1 is 1.03 bits per heavy atom. The molecular weight excluding hydrogens is 801 g/mol. The molecule has 4 heterocycles. The standard InChI is InChI=1S/C43H58N2O12S2/c1-23-11-25-12-26(37(52)53)13-28(32(25)33(49)31(23)24(2)48)56-38-34(50)36(51)43(30(16-47)57-38)8-7-42-19-41(18-39(5-3-4-6-39)15-29(41)44-45-42)14-27-17-54-20-40(9-10-46,35(27)42)21-58-59-22-55-43/h11-13,27,29-30,34-36,38,44-47,49-51H,3-10,14-22H2,1-2H3,(H,52,53). The fourth-order valence-corrected chi connectivity index (χ4v) is 16.0. The molecule has 16 heteroatoms. The molecule has 3 saturated carbocycles. The number of carboxylic acids is 1. The number of carboxylic acid groups (broad SMARTS) is 1. The van der Waals surface area contributed by atoms with Gasteiger partial charge in [0.05, 0.1) is 29.7 Å². The molecule has 8 N–H and O–H groups in total. The van der Waals surface area contributed by atoms with E-state index in [9.17, 15) is 40.2 Å². The number of ketones is 1. The Balaban J connectivity index is 1.08. The summed E-state index contributed by atoms with van der Waals surface area (Å²) in [5.41, 5.74) is 6.04. The van der Waals surface area contributed by atoms with Crippen LogP contribution in [-0.2, 0) is 14.2 Å². The molecule has 11 atom stereocenters. The Hall–Kier alpha value is -2.22. The summed E-state index contributed by atoms with van der Waals surface area (Å²) in [6, 6.07) is 4.43. The number of ether oxygens (including phenoxy) is 4. The van der Waals surface area contributed by atoms with Crippen molar-refractivity contribution in [1.29, 1.82) is 0 Å². The minimum atomic E-state index is -1.75. The molecule has 0 aromatic heterocycles. The van der Waals surface area contributed by atoms with E-state index in [0.717, 1.165) is 31.4 Å². The summed E-state index contributed by atoms with van der Waals surface area (Å²) in [6.45, 7) is 3.55. The number of benzene rings is 2. The molecule has 324 valence electrons. The van der Waals surface area contributed by atoms with Crippen molar-refractivity contribution >= 4 is 44.1 Å². The van der Waals surface area contributed by atoms with Crippen molar-refractivity contribution in [3.05, 3.63) is 34.9 Å². The van der Waals surface area contributed by atoms with Gasteiger partial charge in [0.2, 0.25) is 6.29 Å². The highest BCUT2D eigenvalue weighted by Gasteiger charge is 2.70. The van der Waals surface area contributed by atoms with Crippen molar-refractivity contribution in [3.8, 4) is 11.5 Å². The second kappa shape index (κ2) is 15.5. The van der Waals surface area contributed by atoms with Crippen LogP contribution in [0.3, 0.4) is 0 Å². The number of hydrazine groups is 1. The zero-order valence-electron chi connectivity index (χ0n) is 33.7. The second-order valence-electron chi connectivity index (χ2n) is 19.1. The number of aromatic carboxylic acids is 1. The average molecular weight is 859 g/mol. The lowest BCUT2D eigenvalue weighted by Gasteiger charge is -2.67. The predicted molar refractivity (Wildman–Crippen MR) is 220 cm³/mol. The molecule has 2 aromatic rings. The van der Waals surface area contributed by atoms with Crippen LogP contribution in [0.15, 0.2) is 18.2 Å². The van der Waals surface area contributed by atoms with Crippen molar-refractivity contribution in [2.45, 2.75) is 126 Å². The van der Waals surface area contributed by atoms with Crippen molar-refractivity contribution < 1.29 is 59.2 Å². The normalized spacial score (nSPS) is 40.3. The molecule has 9 rings (SSSR count). The third-order valence-electron chi connectivity index (χ3n) is 15.8. The molecule has 3 aliphatic carbocycles. The summed E-state index contributed by atoms with van der Waals surface area (Å²) < 4.78 is 25.8. The number of aliphatic hydroxyl groups is 4. The number of aryl methyl sites for hydroxylation is 1. The van der Waals surface area contributed by atoms with Gasteiger partial charge in [0.25, 0.3) is 0 Å². The van der Waals surface area contributed by atoms with Gasteiger partial charge in [-0.1, -0.05) is 40.5 Å². The molecule has 2 aromatic carbocycles. The smallest absolute Gasteiger partial charge is 0.335 e. The summed E-state index contributed by atoms with van der Waals surface area (Å²) >= 11 is 0. The Morgan fingerprint density at radius 3 is 2.56 bits per heavy atom. The van der Waals surface area contributed by atoms with Crippen LogP contribution in [0, 0.1) is 35.0 Å². The number of carbonyl (C=O) groups is 2. The van der Waals surface area contributed by atoms with E-state index in [1.54, 1.807) is 23.8 Å². The van der Waals surface area contributed by atoms with E-state index < -0.39 is 59.9 Å². The van der Waals surface area contributed by atoms with E-state index in [4.69, 9.17) is 18.9 Å². The fraction of sp³-hybridized carbons (Fsp3) is 0.721. The van der Waals surface area contributed by atoms with E-state index >= 15 is 0 Å². The monoisotopic (exact) mass is 858 g/mol. The Labute approximate surface area is 351 Å². The molecule has 7 fully saturated rings. The molecule has 59 heavy (non-hydrogen) atoms. The third-order valence-corrected chi connectivity index (χ3v) is 18.0. The second-order valence-corrected chi connectivity index (χ2v) is 21.5. The number of rotatable bonds is 7. The highest BCUT2D eigenvalue weighted by molar-refractivity contribution is 8.76. The lowest BCUT2D eigenvalue weighted by atomic mass is 9.46. The molecule has 7 aliphatic rings. The molecule has 2 bridgehead atoms. The van der Waals surface area contributed by atoms with Crippen molar-refractivity contribution in [2.24, 2.45) is 28.1 Å². The molecule has 4 saturated heterocycles. The first kappa shape index (κ1) is 42.1. The first-order valence-corrected chi connectivity index (χ1v) is 23.7. The summed E-state index contributed by atoms with van der Waals surface area (Å²) in [6.07, 6.45) is 4.37. The van der Waals surface area contributed by atoms with Gasteiger partial charge in [-0.25, -0.2) is 4.79 Å². The topological polar surface area (TPSA) is 216 Å². The molecule has 11 unspecified atom stereocenters. The highest BCUT2D eigenvalue weighted by atomic mass is 33.1. The van der Waals surface area contributed by atoms with E-state index in [2.05, 4.69) is 10.9 Å². The number of Topliss-reactive ketones (excluding diaryl/α,β-unsaturated/α-hetero) is 1. The first-order chi connectivity index (χ1) is 28.2. The van der Waals surface area contributed by atoms with Gasteiger partial charge in [-0.05, 0) is 117 Å². The summed E-state index contributed by atoms with van der Waals surface area (Å²) in [7, 11) is 3.11. The van der Waals surface area contributed by atoms with Crippen LogP contribution in [0.2, 0.25) is 0 Å². The third kappa shape index (κ3) is 6.73. The van der Waals surface area contributed by atoms with Gasteiger partial charge in [-0.3, -0.25) is 15.6 Å². The lowest BCUT2D eigenvalue weighted by molar-refractivity contribution is -0.323. The molecular formula is C43H58N2O12S2. The van der Waals surface area contributed by atoms with Crippen LogP contribution < -0.4 is 15.6 Å². The van der Waals surface area contributed by atoms with Crippen molar-refractivity contribution in [1.82, 2.24) is 10.9 Å². The van der Waals surface area contributed by atoms with Gasteiger partial charge in [0.1, 0.15) is 41.4 Å². The molecule has 0 radical (unpaired) electrons.